The molecule has 1 saturated heterocycles. The number of carbonyl (C=O) groups excluding carboxylic acids is 1. The molecule has 3 nitrogen and oxygen atoms in total. The van der Waals surface area contributed by atoms with Crippen LogP contribution in [0.2, 0.25) is 0 Å². The van der Waals surface area contributed by atoms with Crippen LogP contribution in [0.5, 0.6) is 0 Å². The van der Waals surface area contributed by atoms with E-state index in [0.717, 1.165) is 5.56 Å². The number of nitrogens with one attached hydrogen (secondary N) is 1. The van der Waals surface area contributed by atoms with Crippen molar-refractivity contribution in [3.05, 3.63) is 41.3 Å². The van der Waals surface area contributed by atoms with Crippen LogP contribution in [0.15, 0.2) is 30.0 Å². The Hall–Kier alpha value is -1.84. The highest BCUT2D eigenvalue weighted by Gasteiger charge is 2.23. The molecule has 1 aromatic rings. The van der Waals surface area contributed by atoms with Crippen LogP contribution in [-0.2, 0) is 9.53 Å². The third kappa shape index (κ3) is 2.15. The molecule has 0 spiro atoms. The highest BCUT2D eigenvalue weighted by atomic mass is 19.1. The average molecular weight is 207 g/mol. The maximum atomic E-state index is 12.6. The van der Waals surface area contributed by atoms with Gasteiger partial charge in [0.2, 0.25) is 0 Å². The molecule has 1 aliphatic rings. The molecule has 1 fully saturated rings. The first-order valence-electron chi connectivity index (χ1n) is 4.60. The number of cyclic esters (lactones) is 1. The highest BCUT2D eigenvalue weighted by molar-refractivity contribution is 5.94. The second kappa shape index (κ2) is 3.73. The third-order valence-corrected chi connectivity index (χ3v) is 2.04. The van der Waals surface area contributed by atoms with Crippen molar-refractivity contribution in [2.75, 3.05) is 0 Å². The number of ether oxygens (including phenoxy) is 1. The summed E-state index contributed by atoms with van der Waals surface area (Å²) < 4.78 is 17.5. The Morgan fingerprint density at radius 1 is 1.40 bits per heavy atom. The molecule has 2 rings (SSSR count). The molecule has 4 heteroatoms. The Bertz CT molecular complexity index is 411. The molecule has 0 aliphatic carbocycles. The molecule has 0 aromatic heterocycles. The number of esters is 1. The molecule has 0 bridgehead atoms. The number of hydrogen-bond acceptors (Lipinski definition) is 3. The lowest BCUT2D eigenvalue weighted by Gasteiger charge is -1.98. The number of rotatable bonds is 1. The molecule has 15 heavy (non-hydrogen) atoms. The van der Waals surface area contributed by atoms with Gasteiger partial charge in [-0.25, -0.2) is 9.18 Å². The van der Waals surface area contributed by atoms with E-state index in [4.69, 9.17) is 4.74 Å². The van der Waals surface area contributed by atoms with E-state index in [0.29, 0.717) is 5.70 Å². The van der Waals surface area contributed by atoms with Crippen LogP contribution < -0.4 is 5.32 Å². The van der Waals surface area contributed by atoms with Crippen LogP contribution in [0.25, 0.3) is 6.08 Å². The van der Waals surface area contributed by atoms with E-state index in [1.807, 2.05) is 0 Å². The summed E-state index contributed by atoms with van der Waals surface area (Å²) in [5.41, 5.74) is 1.15. The molecule has 1 heterocycles. The summed E-state index contributed by atoms with van der Waals surface area (Å²) in [6.45, 7) is 1.74. The van der Waals surface area contributed by atoms with Crippen molar-refractivity contribution >= 4 is 12.0 Å². The summed E-state index contributed by atoms with van der Waals surface area (Å²) in [4.78, 5) is 11.2. The lowest BCUT2D eigenvalue weighted by molar-refractivity contribution is -0.138. The van der Waals surface area contributed by atoms with Gasteiger partial charge in [-0.3, -0.25) is 0 Å². The van der Waals surface area contributed by atoms with Gasteiger partial charge in [0, 0.05) is 0 Å². The molecule has 1 N–H and O–H groups in total. The molecule has 1 atom stereocenters. The van der Waals surface area contributed by atoms with Crippen molar-refractivity contribution in [2.45, 2.75) is 13.2 Å². The minimum Gasteiger partial charge on any atom is -0.437 e. The van der Waals surface area contributed by atoms with Gasteiger partial charge in [0.05, 0.1) is 0 Å². The van der Waals surface area contributed by atoms with Gasteiger partial charge < -0.3 is 10.1 Å². The maximum Gasteiger partial charge on any atom is 0.356 e. The number of carbonyl (C=O) groups is 1. The van der Waals surface area contributed by atoms with Crippen LogP contribution >= 0.6 is 0 Å². The third-order valence-electron chi connectivity index (χ3n) is 2.04. The smallest absolute Gasteiger partial charge is 0.356 e. The van der Waals surface area contributed by atoms with Gasteiger partial charge in [0.15, 0.2) is 6.23 Å². The van der Waals surface area contributed by atoms with Gasteiger partial charge in [0.25, 0.3) is 0 Å². The lowest BCUT2D eigenvalue weighted by atomic mass is 10.2. The van der Waals surface area contributed by atoms with Gasteiger partial charge in [-0.05, 0) is 30.7 Å². The fourth-order valence-electron chi connectivity index (χ4n) is 1.36. The summed E-state index contributed by atoms with van der Waals surface area (Å²) in [5, 5.41) is 2.86. The van der Waals surface area contributed by atoms with Gasteiger partial charge in [-0.2, -0.15) is 0 Å². The van der Waals surface area contributed by atoms with Crippen molar-refractivity contribution in [3.8, 4) is 0 Å². The second-order valence-corrected chi connectivity index (χ2v) is 3.30. The molecular formula is C11H10FNO2. The fraction of sp³-hybridized carbons (Fsp3) is 0.182. The van der Waals surface area contributed by atoms with E-state index in [9.17, 15) is 9.18 Å². The van der Waals surface area contributed by atoms with Crippen molar-refractivity contribution in [3.63, 3.8) is 0 Å². The molecule has 0 amide bonds. The van der Waals surface area contributed by atoms with Crippen LogP contribution in [0.4, 0.5) is 4.39 Å². The van der Waals surface area contributed by atoms with E-state index >= 15 is 0 Å². The quantitative estimate of drug-likeness (QED) is 0.562. The normalized spacial score (nSPS) is 22.7. The molecule has 78 valence electrons. The summed E-state index contributed by atoms with van der Waals surface area (Å²) in [6.07, 6.45) is 1.33. The van der Waals surface area contributed by atoms with E-state index < -0.39 is 0 Å². The standard InChI is InChI=1S/C11H10FNO2/c1-7-13-10(11(14)15-7)6-8-2-4-9(12)5-3-8/h2-7,13H,1H3/b10-6+. The van der Waals surface area contributed by atoms with Crippen molar-refractivity contribution < 1.29 is 13.9 Å². The molecule has 1 aromatic carbocycles. The predicted octanol–water partition coefficient (Wildman–Crippen LogP) is 1.66. The van der Waals surface area contributed by atoms with Gasteiger partial charge in [0.1, 0.15) is 11.5 Å². The summed E-state index contributed by atoms with van der Waals surface area (Å²) in [5.74, 6) is -0.681. The molecule has 0 saturated carbocycles. The lowest BCUT2D eigenvalue weighted by Crippen LogP contribution is -2.16. The molecular weight excluding hydrogens is 197 g/mol. The SMILES string of the molecule is CC1N/C(=C/c2ccc(F)cc2)C(=O)O1. The number of hydrogen-bond donors (Lipinski definition) is 1. The fourth-order valence-corrected chi connectivity index (χ4v) is 1.36. The zero-order valence-electron chi connectivity index (χ0n) is 8.16. The average Bonchev–Trinajstić information content (AvgIpc) is 2.49. The van der Waals surface area contributed by atoms with Gasteiger partial charge in [-0.1, -0.05) is 12.1 Å². The first-order chi connectivity index (χ1) is 7.15. The summed E-state index contributed by atoms with van der Waals surface area (Å²) in [7, 11) is 0. The minimum absolute atomic E-state index is 0.299. The van der Waals surface area contributed by atoms with Crippen LogP contribution in [0.1, 0.15) is 12.5 Å². The highest BCUT2D eigenvalue weighted by Crippen LogP contribution is 2.13. The minimum atomic E-state index is -0.383. The first kappa shape index (κ1) is 9.71. The molecule has 1 unspecified atom stereocenters. The zero-order valence-corrected chi connectivity index (χ0v) is 8.16. The Morgan fingerprint density at radius 3 is 2.60 bits per heavy atom. The largest absolute Gasteiger partial charge is 0.437 e. The summed E-state index contributed by atoms with van der Waals surface area (Å²) in [6, 6.07) is 5.88. The van der Waals surface area contributed by atoms with E-state index in [1.54, 1.807) is 25.1 Å². The van der Waals surface area contributed by atoms with Gasteiger partial charge >= 0.3 is 5.97 Å². The van der Waals surface area contributed by atoms with Gasteiger partial charge in [-0.15, -0.1) is 0 Å². The van der Waals surface area contributed by atoms with Crippen molar-refractivity contribution in [1.29, 1.82) is 0 Å². The first-order valence-corrected chi connectivity index (χ1v) is 4.60. The zero-order chi connectivity index (χ0) is 10.8. The second-order valence-electron chi connectivity index (χ2n) is 3.30. The molecule has 0 radical (unpaired) electrons. The topological polar surface area (TPSA) is 38.3 Å². The number of halogens is 1. The Balaban J connectivity index is 2.23. The van der Waals surface area contributed by atoms with E-state index in [1.165, 1.54) is 12.1 Å². The van der Waals surface area contributed by atoms with Crippen LogP contribution in [0.3, 0.4) is 0 Å². The Morgan fingerprint density at radius 2 is 2.07 bits per heavy atom. The monoisotopic (exact) mass is 207 g/mol. The van der Waals surface area contributed by atoms with E-state index in [-0.39, 0.29) is 18.0 Å². The summed E-state index contributed by atoms with van der Waals surface area (Å²) >= 11 is 0. The van der Waals surface area contributed by atoms with Crippen LogP contribution in [-0.4, -0.2) is 12.2 Å². The van der Waals surface area contributed by atoms with Crippen molar-refractivity contribution in [2.24, 2.45) is 0 Å². The Labute approximate surface area is 86.6 Å². The maximum absolute atomic E-state index is 12.6. The van der Waals surface area contributed by atoms with Crippen molar-refractivity contribution in [1.82, 2.24) is 5.32 Å². The molecule has 1 aliphatic heterocycles. The van der Waals surface area contributed by atoms with Crippen LogP contribution in [0, 0.1) is 5.82 Å². The number of benzene rings is 1. The van der Waals surface area contributed by atoms with E-state index in [2.05, 4.69) is 5.32 Å². The Kier molecular flexibility index (Phi) is 2.41. The predicted molar refractivity (Wildman–Crippen MR) is 53.1 cm³/mol.